The molecule has 0 saturated carbocycles. The molecule has 0 aromatic carbocycles. The van der Waals surface area contributed by atoms with Gasteiger partial charge in [0.2, 0.25) is 0 Å². The molecule has 0 amide bonds. The van der Waals surface area contributed by atoms with Gasteiger partial charge in [-0.3, -0.25) is 9.80 Å². The van der Waals surface area contributed by atoms with Crippen molar-refractivity contribution in [2.45, 2.75) is 25.5 Å². The summed E-state index contributed by atoms with van der Waals surface area (Å²) in [6, 6.07) is 0. The molecule has 0 radical (unpaired) electrons. The van der Waals surface area contributed by atoms with Crippen LogP contribution in [0, 0.1) is 0 Å². The molecule has 1 N–H and O–H groups in total. The Morgan fingerprint density at radius 3 is 2.57 bits per heavy atom. The van der Waals surface area contributed by atoms with Crippen molar-refractivity contribution in [2.24, 2.45) is 0 Å². The lowest BCUT2D eigenvalue weighted by Gasteiger charge is -2.45. The summed E-state index contributed by atoms with van der Waals surface area (Å²) in [4.78, 5) is 4.64. The minimum atomic E-state index is -0.393. The highest BCUT2D eigenvalue weighted by atomic mass is 35.5. The number of hydrogen-bond donors (Lipinski definition) is 1. The number of aliphatic hydroxyl groups is 1. The Balaban J connectivity index is 2.43. The second-order valence-corrected chi connectivity index (χ2v) is 5.09. The average Bonchev–Trinajstić information content (AvgIpc) is 2.11. The van der Waals surface area contributed by atoms with E-state index in [1.165, 1.54) is 0 Å². The number of piperazine rings is 1. The molecule has 1 aliphatic rings. The lowest BCUT2D eigenvalue weighted by molar-refractivity contribution is 0.0188. The first-order valence-electron chi connectivity index (χ1n) is 5.13. The molecule has 1 aliphatic heterocycles. The van der Waals surface area contributed by atoms with Gasteiger partial charge in [0.05, 0.1) is 6.10 Å². The van der Waals surface area contributed by atoms with Gasteiger partial charge in [-0.2, -0.15) is 0 Å². The van der Waals surface area contributed by atoms with Crippen LogP contribution in [0.2, 0.25) is 0 Å². The van der Waals surface area contributed by atoms with Gasteiger partial charge in [-0.05, 0) is 20.9 Å². The van der Waals surface area contributed by atoms with Gasteiger partial charge in [0.25, 0.3) is 0 Å². The van der Waals surface area contributed by atoms with Gasteiger partial charge >= 0.3 is 0 Å². The van der Waals surface area contributed by atoms with Crippen molar-refractivity contribution >= 4 is 11.6 Å². The summed E-state index contributed by atoms with van der Waals surface area (Å²) in [5.41, 5.74) is 0.199. The first-order valence-corrected chi connectivity index (χ1v) is 5.67. The third-order valence-corrected chi connectivity index (χ3v) is 3.40. The van der Waals surface area contributed by atoms with Crippen molar-refractivity contribution in [3.05, 3.63) is 0 Å². The predicted octanol–water partition coefficient (Wildman–Crippen LogP) is 0.612. The zero-order valence-electron chi connectivity index (χ0n) is 9.33. The van der Waals surface area contributed by atoms with Gasteiger partial charge in [-0.25, -0.2) is 0 Å². The van der Waals surface area contributed by atoms with E-state index in [4.69, 9.17) is 11.6 Å². The van der Waals surface area contributed by atoms with E-state index in [1.807, 2.05) is 0 Å². The van der Waals surface area contributed by atoms with Crippen molar-refractivity contribution < 1.29 is 5.11 Å². The van der Waals surface area contributed by atoms with Gasteiger partial charge in [0.15, 0.2) is 0 Å². The van der Waals surface area contributed by atoms with Crippen LogP contribution in [-0.2, 0) is 0 Å². The average molecular weight is 221 g/mol. The number of nitrogens with zero attached hydrogens (tertiary/aromatic N) is 2. The second kappa shape index (κ2) is 4.79. The van der Waals surface area contributed by atoms with Crippen LogP contribution in [-0.4, -0.2) is 65.7 Å². The fourth-order valence-corrected chi connectivity index (χ4v) is 1.94. The molecule has 1 atom stereocenters. The standard InChI is InChI=1S/C10H21ClN2O/c1-10(2)8-13(5-4-12(10)3)7-9(14)6-11/h9,14H,4-8H2,1-3H3. The van der Waals surface area contributed by atoms with Crippen LogP contribution in [0.1, 0.15) is 13.8 Å². The van der Waals surface area contributed by atoms with Gasteiger partial charge in [0.1, 0.15) is 0 Å². The van der Waals surface area contributed by atoms with Crippen molar-refractivity contribution in [1.82, 2.24) is 9.80 Å². The smallest absolute Gasteiger partial charge is 0.0802 e. The van der Waals surface area contributed by atoms with Gasteiger partial charge in [-0.1, -0.05) is 0 Å². The normalized spacial score (nSPS) is 26.4. The summed E-state index contributed by atoms with van der Waals surface area (Å²) < 4.78 is 0. The summed E-state index contributed by atoms with van der Waals surface area (Å²) in [6.45, 7) is 8.23. The summed E-state index contributed by atoms with van der Waals surface area (Å²) >= 11 is 5.58. The monoisotopic (exact) mass is 220 g/mol. The molecule has 1 rings (SSSR count). The summed E-state index contributed by atoms with van der Waals surface area (Å²) in [5, 5.41) is 9.46. The summed E-state index contributed by atoms with van der Waals surface area (Å²) in [6.07, 6.45) is -0.393. The van der Waals surface area contributed by atoms with E-state index >= 15 is 0 Å². The first-order chi connectivity index (χ1) is 6.45. The van der Waals surface area contributed by atoms with E-state index in [1.54, 1.807) is 0 Å². The maximum Gasteiger partial charge on any atom is 0.0802 e. The topological polar surface area (TPSA) is 26.7 Å². The van der Waals surface area contributed by atoms with Crippen LogP contribution in [0.15, 0.2) is 0 Å². The Morgan fingerprint density at radius 1 is 1.43 bits per heavy atom. The van der Waals surface area contributed by atoms with Crippen molar-refractivity contribution in [3.63, 3.8) is 0 Å². The second-order valence-electron chi connectivity index (χ2n) is 4.78. The highest BCUT2D eigenvalue weighted by Gasteiger charge is 2.31. The quantitative estimate of drug-likeness (QED) is 0.707. The molecule has 1 fully saturated rings. The molecule has 3 nitrogen and oxygen atoms in total. The number of likely N-dealkylation sites (N-methyl/N-ethyl adjacent to an activating group) is 1. The Hall–Kier alpha value is 0.170. The van der Waals surface area contributed by atoms with Crippen LogP contribution in [0.5, 0.6) is 0 Å². The van der Waals surface area contributed by atoms with Crippen LogP contribution >= 0.6 is 11.6 Å². The number of hydrogen-bond acceptors (Lipinski definition) is 3. The minimum Gasteiger partial charge on any atom is -0.391 e. The lowest BCUT2D eigenvalue weighted by Crippen LogP contribution is -2.58. The SMILES string of the molecule is CN1CCN(CC(O)CCl)CC1(C)C. The van der Waals surface area contributed by atoms with E-state index in [0.29, 0.717) is 12.4 Å². The fourth-order valence-electron chi connectivity index (χ4n) is 1.84. The van der Waals surface area contributed by atoms with Crippen LogP contribution in [0.4, 0.5) is 0 Å². The van der Waals surface area contributed by atoms with Gasteiger partial charge in [-0.15, -0.1) is 11.6 Å². The molecule has 14 heavy (non-hydrogen) atoms. The number of β-amino-alcohol motifs (C(OH)–C–C–N with tert-alkyl or cyclic N) is 1. The number of alkyl halides is 1. The van der Waals surface area contributed by atoms with Crippen molar-refractivity contribution in [3.8, 4) is 0 Å². The maximum atomic E-state index is 9.46. The minimum absolute atomic E-state index is 0.199. The van der Waals surface area contributed by atoms with Crippen molar-refractivity contribution in [2.75, 3.05) is 39.1 Å². The fraction of sp³-hybridized carbons (Fsp3) is 1.00. The largest absolute Gasteiger partial charge is 0.391 e. The molecule has 4 heteroatoms. The molecule has 0 aromatic heterocycles. The van der Waals surface area contributed by atoms with E-state index in [-0.39, 0.29) is 5.54 Å². The van der Waals surface area contributed by atoms with Crippen molar-refractivity contribution in [1.29, 1.82) is 0 Å². The molecular formula is C10H21ClN2O. The molecule has 0 bridgehead atoms. The molecule has 1 unspecified atom stereocenters. The van der Waals surface area contributed by atoms with Gasteiger partial charge in [0, 0.05) is 37.6 Å². The van der Waals surface area contributed by atoms with E-state index in [0.717, 1.165) is 19.6 Å². The van der Waals surface area contributed by atoms with Gasteiger partial charge < -0.3 is 5.11 Å². The predicted molar refractivity (Wildman–Crippen MR) is 59.9 cm³/mol. The molecule has 0 aromatic rings. The van der Waals surface area contributed by atoms with E-state index in [9.17, 15) is 5.11 Å². The van der Waals surface area contributed by atoms with Crippen LogP contribution in [0.3, 0.4) is 0 Å². The molecule has 84 valence electrons. The number of rotatable bonds is 3. The molecule has 0 aliphatic carbocycles. The summed E-state index contributed by atoms with van der Waals surface area (Å²) in [7, 11) is 2.15. The Bertz CT molecular complexity index is 187. The van der Waals surface area contributed by atoms with E-state index in [2.05, 4.69) is 30.7 Å². The molecular weight excluding hydrogens is 200 g/mol. The Morgan fingerprint density at radius 2 is 2.07 bits per heavy atom. The highest BCUT2D eigenvalue weighted by molar-refractivity contribution is 6.18. The zero-order valence-corrected chi connectivity index (χ0v) is 10.1. The number of halogens is 1. The zero-order chi connectivity index (χ0) is 10.8. The lowest BCUT2D eigenvalue weighted by atomic mass is 9.99. The summed E-state index contributed by atoms with van der Waals surface area (Å²) in [5.74, 6) is 0.326. The first kappa shape index (κ1) is 12.2. The highest BCUT2D eigenvalue weighted by Crippen LogP contribution is 2.18. The maximum absolute atomic E-state index is 9.46. The molecule has 1 heterocycles. The molecule has 1 saturated heterocycles. The molecule has 0 spiro atoms. The third kappa shape index (κ3) is 3.09. The third-order valence-electron chi connectivity index (χ3n) is 3.04. The van der Waals surface area contributed by atoms with E-state index < -0.39 is 6.10 Å². The van der Waals surface area contributed by atoms with Crippen LogP contribution < -0.4 is 0 Å². The Kier molecular flexibility index (Phi) is 4.19. The van der Waals surface area contributed by atoms with Crippen LogP contribution in [0.25, 0.3) is 0 Å². The Labute approximate surface area is 91.6 Å². The number of aliphatic hydroxyl groups excluding tert-OH is 1.